The molecule has 3 aromatic rings. The molecule has 0 atom stereocenters. The first-order valence-corrected chi connectivity index (χ1v) is 7.48. The quantitative estimate of drug-likeness (QED) is 0.618. The van der Waals surface area contributed by atoms with Crippen LogP contribution in [0, 0.1) is 0 Å². The molecule has 0 aliphatic rings. The average molecular weight is 337 g/mol. The first-order valence-electron chi connectivity index (χ1n) is 7.48. The predicted octanol–water partition coefficient (Wildman–Crippen LogP) is 2.06. The molecule has 0 aliphatic heterocycles. The largest absolute Gasteiger partial charge is 0.452 e. The molecule has 0 unspecified atom stereocenters. The maximum atomic E-state index is 12.2. The summed E-state index contributed by atoms with van der Waals surface area (Å²) in [6.45, 7) is -0.481. The lowest BCUT2D eigenvalue weighted by Crippen LogP contribution is -2.23. The molecule has 2 amide bonds. The predicted molar refractivity (Wildman–Crippen MR) is 92.2 cm³/mol. The van der Waals surface area contributed by atoms with Crippen molar-refractivity contribution in [1.82, 2.24) is 4.98 Å². The van der Waals surface area contributed by atoms with Crippen LogP contribution in [-0.2, 0) is 9.53 Å². The number of ether oxygens (including phenoxy) is 1. The summed E-state index contributed by atoms with van der Waals surface area (Å²) >= 11 is 0. The number of fused-ring (bicyclic) bond motifs is 1. The molecule has 7 nitrogen and oxygen atoms in total. The van der Waals surface area contributed by atoms with E-state index in [1.807, 2.05) is 12.1 Å². The van der Waals surface area contributed by atoms with Crippen LogP contribution in [0.4, 0.5) is 5.69 Å². The molecule has 2 aromatic carbocycles. The van der Waals surface area contributed by atoms with Gasteiger partial charge in [0.2, 0.25) is 0 Å². The molecule has 126 valence electrons. The SMILES string of the molecule is NC(=O)c1ccccc1NC(=O)COC(=O)c1c[nH]c2ccccc12. The Morgan fingerprint density at radius 2 is 1.72 bits per heavy atom. The molecule has 1 aromatic heterocycles. The van der Waals surface area contributed by atoms with Crippen molar-refractivity contribution in [3.8, 4) is 0 Å². The van der Waals surface area contributed by atoms with Gasteiger partial charge in [0.1, 0.15) is 0 Å². The summed E-state index contributed by atoms with van der Waals surface area (Å²) in [7, 11) is 0. The Balaban J connectivity index is 1.65. The van der Waals surface area contributed by atoms with E-state index >= 15 is 0 Å². The van der Waals surface area contributed by atoms with Gasteiger partial charge in [-0.15, -0.1) is 0 Å². The minimum Gasteiger partial charge on any atom is -0.452 e. The van der Waals surface area contributed by atoms with E-state index in [4.69, 9.17) is 10.5 Å². The summed E-state index contributed by atoms with van der Waals surface area (Å²) in [6, 6.07) is 13.6. The molecule has 25 heavy (non-hydrogen) atoms. The third-order valence-electron chi connectivity index (χ3n) is 3.61. The van der Waals surface area contributed by atoms with Gasteiger partial charge >= 0.3 is 5.97 Å². The third kappa shape index (κ3) is 3.50. The summed E-state index contributed by atoms with van der Waals surface area (Å²) in [4.78, 5) is 38.4. The summed E-state index contributed by atoms with van der Waals surface area (Å²) in [5.41, 5.74) is 6.85. The van der Waals surface area contributed by atoms with Crippen molar-refractivity contribution in [2.45, 2.75) is 0 Å². The number of H-pyrrole nitrogens is 1. The van der Waals surface area contributed by atoms with E-state index in [9.17, 15) is 14.4 Å². The van der Waals surface area contributed by atoms with Crippen molar-refractivity contribution < 1.29 is 19.1 Å². The minimum atomic E-state index is -0.660. The lowest BCUT2D eigenvalue weighted by Gasteiger charge is -2.09. The highest BCUT2D eigenvalue weighted by molar-refractivity contribution is 6.06. The van der Waals surface area contributed by atoms with Crippen molar-refractivity contribution in [3.05, 3.63) is 65.9 Å². The summed E-state index contributed by atoms with van der Waals surface area (Å²) < 4.78 is 5.04. The van der Waals surface area contributed by atoms with Crippen molar-refractivity contribution in [1.29, 1.82) is 0 Å². The lowest BCUT2D eigenvalue weighted by atomic mass is 10.1. The fraction of sp³-hybridized carbons (Fsp3) is 0.0556. The normalized spacial score (nSPS) is 10.4. The molecule has 0 spiro atoms. The van der Waals surface area contributed by atoms with Gasteiger partial charge in [-0.05, 0) is 18.2 Å². The fourth-order valence-electron chi connectivity index (χ4n) is 2.44. The number of benzene rings is 2. The number of para-hydroxylation sites is 2. The minimum absolute atomic E-state index is 0.179. The fourth-order valence-corrected chi connectivity index (χ4v) is 2.44. The van der Waals surface area contributed by atoms with Gasteiger partial charge < -0.3 is 20.8 Å². The molecule has 3 rings (SSSR count). The van der Waals surface area contributed by atoms with E-state index in [2.05, 4.69) is 10.3 Å². The number of nitrogens with one attached hydrogen (secondary N) is 2. The number of hydrogen-bond donors (Lipinski definition) is 3. The van der Waals surface area contributed by atoms with Crippen molar-refractivity contribution in [2.24, 2.45) is 5.73 Å². The van der Waals surface area contributed by atoms with Crippen LogP contribution >= 0.6 is 0 Å². The summed E-state index contributed by atoms with van der Waals surface area (Å²) in [5.74, 6) is -1.84. The Labute approximate surface area is 142 Å². The van der Waals surface area contributed by atoms with Gasteiger partial charge in [0.15, 0.2) is 6.61 Å². The highest BCUT2D eigenvalue weighted by atomic mass is 16.5. The van der Waals surface area contributed by atoms with E-state index in [0.717, 1.165) is 5.52 Å². The number of hydrogen-bond acceptors (Lipinski definition) is 4. The second-order valence-corrected chi connectivity index (χ2v) is 5.28. The number of amides is 2. The molecule has 0 aliphatic carbocycles. The number of nitrogens with two attached hydrogens (primary N) is 1. The molecule has 0 bridgehead atoms. The number of esters is 1. The van der Waals surface area contributed by atoms with Crippen LogP contribution < -0.4 is 11.1 Å². The topological polar surface area (TPSA) is 114 Å². The van der Waals surface area contributed by atoms with Crippen LogP contribution in [0.2, 0.25) is 0 Å². The number of anilines is 1. The number of carbonyl (C=O) groups is 3. The first-order chi connectivity index (χ1) is 12.1. The van der Waals surface area contributed by atoms with Crippen molar-refractivity contribution in [2.75, 3.05) is 11.9 Å². The van der Waals surface area contributed by atoms with Gasteiger partial charge in [-0.25, -0.2) is 4.79 Å². The Bertz CT molecular complexity index is 962. The number of aromatic amines is 1. The van der Waals surface area contributed by atoms with Crippen molar-refractivity contribution in [3.63, 3.8) is 0 Å². The zero-order chi connectivity index (χ0) is 17.8. The lowest BCUT2D eigenvalue weighted by molar-refractivity contribution is -0.119. The smallest absolute Gasteiger partial charge is 0.340 e. The third-order valence-corrected chi connectivity index (χ3v) is 3.61. The van der Waals surface area contributed by atoms with Gasteiger partial charge in [0.25, 0.3) is 11.8 Å². The van der Waals surface area contributed by atoms with Crippen molar-refractivity contribution >= 4 is 34.4 Å². The maximum Gasteiger partial charge on any atom is 0.340 e. The monoisotopic (exact) mass is 337 g/mol. The highest BCUT2D eigenvalue weighted by Gasteiger charge is 2.16. The highest BCUT2D eigenvalue weighted by Crippen LogP contribution is 2.18. The molecule has 0 saturated heterocycles. The molecule has 1 heterocycles. The second-order valence-electron chi connectivity index (χ2n) is 5.28. The van der Waals surface area contributed by atoms with E-state index in [-0.39, 0.29) is 11.3 Å². The van der Waals surface area contributed by atoms with E-state index in [1.54, 1.807) is 30.3 Å². The molecule has 0 radical (unpaired) electrons. The maximum absolute atomic E-state index is 12.2. The van der Waals surface area contributed by atoms with Gasteiger partial charge in [-0.2, -0.15) is 0 Å². The van der Waals surface area contributed by atoms with Crippen LogP contribution in [0.5, 0.6) is 0 Å². The van der Waals surface area contributed by atoms with Gasteiger partial charge in [-0.3, -0.25) is 9.59 Å². The second kappa shape index (κ2) is 6.88. The Kier molecular flexibility index (Phi) is 4.47. The van der Waals surface area contributed by atoms with Gasteiger partial charge in [-0.1, -0.05) is 30.3 Å². The molecular weight excluding hydrogens is 322 g/mol. The summed E-state index contributed by atoms with van der Waals surface area (Å²) in [5, 5.41) is 3.22. The number of aromatic nitrogens is 1. The number of primary amides is 1. The van der Waals surface area contributed by atoms with Gasteiger partial charge in [0, 0.05) is 17.1 Å². The van der Waals surface area contributed by atoms with E-state index in [0.29, 0.717) is 10.9 Å². The Morgan fingerprint density at radius 3 is 2.52 bits per heavy atom. The van der Waals surface area contributed by atoms with Crippen LogP contribution in [0.25, 0.3) is 10.9 Å². The number of carbonyl (C=O) groups excluding carboxylic acids is 3. The molecule has 0 fully saturated rings. The van der Waals surface area contributed by atoms with Crippen LogP contribution in [-0.4, -0.2) is 29.4 Å². The number of rotatable bonds is 5. The standard InChI is InChI=1S/C18H15N3O4/c19-17(23)12-6-2-4-8-15(12)21-16(22)10-25-18(24)13-9-20-14-7-3-1-5-11(13)14/h1-9,20H,10H2,(H2,19,23)(H,21,22). The van der Waals surface area contributed by atoms with E-state index in [1.165, 1.54) is 12.3 Å². The van der Waals surface area contributed by atoms with Gasteiger partial charge in [0.05, 0.1) is 16.8 Å². The van der Waals surface area contributed by atoms with Crippen LogP contribution in [0.1, 0.15) is 20.7 Å². The molecule has 0 saturated carbocycles. The van der Waals surface area contributed by atoms with Crippen LogP contribution in [0.15, 0.2) is 54.7 Å². The average Bonchev–Trinajstić information content (AvgIpc) is 3.04. The Morgan fingerprint density at radius 1 is 1.00 bits per heavy atom. The molecular formula is C18H15N3O4. The first kappa shape index (κ1) is 16.3. The summed E-state index contributed by atoms with van der Waals surface area (Å²) in [6.07, 6.45) is 1.54. The Hall–Kier alpha value is -3.61. The van der Waals surface area contributed by atoms with E-state index < -0.39 is 24.4 Å². The zero-order valence-corrected chi connectivity index (χ0v) is 13.1. The molecule has 4 N–H and O–H groups in total. The molecule has 7 heteroatoms. The zero-order valence-electron chi connectivity index (χ0n) is 13.1. The van der Waals surface area contributed by atoms with Crippen LogP contribution in [0.3, 0.4) is 0 Å².